The minimum Gasteiger partial charge on any atom is -0.332 e. The van der Waals surface area contributed by atoms with Crippen LogP contribution in [0.15, 0.2) is 6.33 Å². The van der Waals surface area contributed by atoms with Crippen LogP contribution in [0.3, 0.4) is 0 Å². The van der Waals surface area contributed by atoms with E-state index in [1.54, 1.807) is 13.3 Å². The Bertz CT molecular complexity index is 376. The molecule has 0 aliphatic rings. The Balaban J connectivity index is 1.69. The Morgan fingerprint density at radius 1 is 0.826 bits per heavy atom. The van der Waals surface area contributed by atoms with Gasteiger partial charge in [0.25, 0.3) is 0 Å². The molecule has 0 bridgehead atoms. The van der Waals surface area contributed by atoms with Crippen molar-refractivity contribution in [2.75, 3.05) is 0 Å². The summed E-state index contributed by atoms with van der Waals surface area (Å²) >= 11 is 0. The van der Waals surface area contributed by atoms with Gasteiger partial charge < -0.3 is 9.78 Å². The number of Topliss-reactive ketones (excluding diaryl/α,β-unsaturated/α-hetero) is 1. The van der Waals surface area contributed by atoms with Crippen LogP contribution in [0.5, 0.6) is 0 Å². The van der Waals surface area contributed by atoms with Crippen LogP contribution in [0.25, 0.3) is 0 Å². The standard InChI is InChI=1S/C19H35N3O/c1-18(23)15-13-11-9-7-5-3-2-4-6-8-10-12-14-16-19-20-17-21-22-19/h17H,2-16H2,1H3,(H,20,21,22). The molecule has 1 N–H and O–H groups in total. The number of hydrogen-bond donors (Lipinski definition) is 1. The number of aromatic nitrogens is 3. The number of aromatic amines is 1. The summed E-state index contributed by atoms with van der Waals surface area (Å²) in [7, 11) is 0. The van der Waals surface area contributed by atoms with Crippen LogP contribution >= 0.6 is 0 Å². The zero-order valence-electron chi connectivity index (χ0n) is 15.0. The van der Waals surface area contributed by atoms with Gasteiger partial charge in [-0.2, -0.15) is 0 Å². The van der Waals surface area contributed by atoms with Gasteiger partial charge in [-0.3, -0.25) is 0 Å². The highest BCUT2D eigenvalue weighted by Gasteiger charge is 1.97. The summed E-state index contributed by atoms with van der Waals surface area (Å²) < 4.78 is 0. The third kappa shape index (κ3) is 13.0. The van der Waals surface area contributed by atoms with Crippen LogP contribution < -0.4 is 0 Å². The molecule has 0 aliphatic carbocycles. The van der Waals surface area contributed by atoms with E-state index in [2.05, 4.69) is 15.2 Å². The van der Waals surface area contributed by atoms with Crippen molar-refractivity contribution in [2.45, 2.75) is 103 Å². The number of hydrogen-bond acceptors (Lipinski definition) is 3. The summed E-state index contributed by atoms with van der Waals surface area (Å²) in [6.07, 6.45) is 20.6. The summed E-state index contributed by atoms with van der Waals surface area (Å²) in [5, 5.41) is 7.80. The smallest absolute Gasteiger partial charge is 0.130 e. The van der Waals surface area contributed by atoms with E-state index in [0.717, 1.165) is 25.1 Å². The van der Waals surface area contributed by atoms with Crippen molar-refractivity contribution in [1.82, 2.24) is 15.2 Å². The monoisotopic (exact) mass is 321 g/mol. The second-order valence-electron chi connectivity index (χ2n) is 6.73. The molecule has 0 fully saturated rings. The van der Waals surface area contributed by atoms with Gasteiger partial charge in [-0.15, -0.1) is 10.2 Å². The first kappa shape index (κ1) is 19.9. The molecule has 1 rings (SSSR count). The number of nitrogens with one attached hydrogen (secondary N) is 1. The third-order valence-electron chi connectivity index (χ3n) is 4.41. The lowest BCUT2D eigenvalue weighted by atomic mass is 10.0. The van der Waals surface area contributed by atoms with Crippen LogP contribution in [0.2, 0.25) is 0 Å². The third-order valence-corrected chi connectivity index (χ3v) is 4.41. The van der Waals surface area contributed by atoms with Crippen LogP contribution in [0, 0.1) is 0 Å². The maximum Gasteiger partial charge on any atom is 0.130 e. The predicted octanol–water partition coefficient (Wildman–Crippen LogP) is 5.40. The first-order valence-corrected chi connectivity index (χ1v) is 9.63. The second-order valence-corrected chi connectivity index (χ2v) is 6.73. The Labute approximate surface area is 141 Å². The number of rotatable bonds is 16. The van der Waals surface area contributed by atoms with E-state index in [0.29, 0.717) is 5.78 Å². The number of carbonyl (C=O) groups is 1. The summed E-state index contributed by atoms with van der Waals surface area (Å²) in [6.45, 7) is 1.69. The van der Waals surface area contributed by atoms with E-state index >= 15 is 0 Å². The van der Waals surface area contributed by atoms with Gasteiger partial charge in [0.1, 0.15) is 17.9 Å². The fourth-order valence-corrected chi connectivity index (χ4v) is 2.96. The number of ketones is 1. The van der Waals surface area contributed by atoms with Crippen molar-refractivity contribution < 1.29 is 4.79 Å². The Morgan fingerprint density at radius 3 is 1.74 bits per heavy atom. The van der Waals surface area contributed by atoms with Crippen molar-refractivity contribution in [3.63, 3.8) is 0 Å². The summed E-state index contributed by atoms with van der Waals surface area (Å²) in [4.78, 5) is 13.9. The Kier molecular flexibility index (Phi) is 12.4. The van der Waals surface area contributed by atoms with Gasteiger partial charge in [0.05, 0.1) is 0 Å². The maximum absolute atomic E-state index is 10.8. The molecule has 0 spiro atoms. The quantitative estimate of drug-likeness (QED) is 0.415. The molecule has 132 valence electrons. The van der Waals surface area contributed by atoms with Crippen LogP contribution in [-0.2, 0) is 11.2 Å². The molecule has 0 saturated carbocycles. The topological polar surface area (TPSA) is 58.6 Å². The van der Waals surface area contributed by atoms with Crippen LogP contribution in [-0.4, -0.2) is 21.0 Å². The number of H-pyrrole nitrogens is 1. The Hall–Kier alpha value is -1.19. The van der Waals surface area contributed by atoms with Gasteiger partial charge in [0.15, 0.2) is 0 Å². The van der Waals surface area contributed by atoms with E-state index in [9.17, 15) is 4.79 Å². The zero-order chi connectivity index (χ0) is 16.6. The molecule has 0 saturated heterocycles. The number of carbonyl (C=O) groups excluding carboxylic acids is 1. The number of aryl methyl sites for hydroxylation is 1. The van der Waals surface area contributed by atoms with Gasteiger partial charge >= 0.3 is 0 Å². The first-order chi connectivity index (χ1) is 11.3. The maximum atomic E-state index is 10.8. The van der Waals surface area contributed by atoms with E-state index in [1.807, 2.05) is 0 Å². The minimum absolute atomic E-state index is 0.336. The summed E-state index contributed by atoms with van der Waals surface area (Å²) in [5.41, 5.74) is 0. The molecule has 23 heavy (non-hydrogen) atoms. The largest absolute Gasteiger partial charge is 0.332 e. The molecule has 0 unspecified atom stereocenters. The average Bonchev–Trinajstić information content (AvgIpc) is 3.04. The molecule has 0 atom stereocenters. The van der Waals surface area contributed by atoms with E-state index in [1.165, 1.54) is 77.0 Å². The van der Waals surface area contributed by atoms with Crippen LogP contribution in [0.4, 0.5) is 0 Å². The molecule has 1 aromatic rings. The van der Waals surface area contributed by atoms with Gasteiger partial charge in [-0.25, -0.2) is 0 Å². The van der Waals surface area contributed by atoms with Crippen molar-refractivity contribution in [3.05, 3.63) is 12.2 Å². The average molecular weight is 322 g/mol. The van der Waals surface area contributed by atoms with E-state index in [-0.39, 0.29) is 0 Å². The highest BCUT2D eigenvalue weighted by Crippen LogP contribution is 2.13. The lowest BCUT2D eigenvalue weighted by molar-refractivity contribution is -0.117. The van der Waals surface area contributed by atoms with Gasteiger partial charge in [-0.1, -0.05) is 70.6 Å². The molecule has 0 aromatic carbocycles. The molecular formula is C19H35N3O. The van der Waals surface area contributed by atoms with Crippen molar-refractivity contribution >= 4 is 5.78 Å². The van der Waals surface area contributed by atoms with Gasteiger partial charge in [0, 0.05) is 12.8 Å². The molecule has 1 aromatic heterocycles. The fourth-order valence-electron chi connectivity index (χ4n) is 2.96. The molecule has 1 heterocycles. The molecule has 4 heteroatoms. The predicted molar refractivity (Wildman–Crippen MR) is 95.4 cm³/mol. The highest BCUT2D eigenvalue weighted by atomic mass is 16.1. The molecule has 0 aliphatic heterocycles. The normalized spacial score (nSPS) is 11.0. The van der Waals surface area contributed by atoms with Gasteiger partial charge in [0.2, 0.25) is 0 Å². The van der Waals surface area contributed by atoms with Crippen molar-refractivity contribution in [1.29, 1.82) is 0 Å². The number of nitrogens with zero attached hydrogens (tertiary/aromatic N) is 2. The number of unbranched alkanes of at least 4 members (excludes halogenated alkanes) is 12. The fraction of sp³-hybridized carbons (Fsp3) is 0.842. The van der Waals surface area contributed by atoms with E-state index in [4.69, 9.17) is 0 Å². The first-order valence-electron chi connectivity index (χ1n) is 9.63. The zero-order valence-corrected chi connectivity index (χ0v) is 15.0. The minimum atomic E-state index is 0.336. The second kappa shape index (κ2) is 14.4. The van der Waals surface area contributed by atoms with Crippen molar-refractivity contribution in [3.8, 4) is 0 Å². The van der Waals surface area contributed by atoms with Crippen LogP contribution in [0.1, 0.15) is 103 Å². The molecule has 4 nitrogen and oxygen atoms in total. The lowest BCUT2D eigenvalue weighted by Crippen LogP contribution is -1.89. The SMILES string of the molecule is CC(=O)CCCCCCCCCCCCCCCc1nnc[nH]1. The molecule has 0 amide bonds. The Morgan fingerprint density at radius 2 is 1.30 bits per heavy atom. The summed E-state index contributed by atoms with van der Waals surface area (Å²) in [5.74, 6) is 1.36. The van der Waals surface area contributed by atoms with E-state index < -0.39 is 0 Å². The lowest BCUT2D eigenvalue weighted by Gasteiger charge is -2.03. The molecule has 0 radical (unpaired) electrons. The van der Waals surface area contributed by atoms with Gasteiger partial charge in [-0.05, 0) is 19.8 Å². The summed E-state index contributed by atoms with van der Waals surface area (Å²) in [6, 6.07) is 0. The van der Waals surface area contributed by atoms with Crippen molar-refractivity contribution in [2.24, 2.45) is 0 Å². The molecular weight excluding hydrogens is 286 g/mol. The highest BCUT2D eigenvalue weighted by molar-refractivity contribution is 5.75.